The monoisotopic (exact) mass is 537 g/mol. The van der Waals surface area contributed by atoms with E-state index in [1.165, 1.54) is 26.0 Å². The summed E-state index contributed by atoms with van der Waals surface area (Å²) in [6, 6.07) is 22.2. The number of alkyl halides is 3. The van der Waals surface area contributed by atoms with Crippen LogP contribution in [0.1, 0.15) is 42.8 Å². The van der Waals surface area contributed by atoms with Crippen LogP contribution in [0.2, 0.25) is 0 Å². The van der Waals surface area contributed by atoms with Crippen LogP contribution < -0.4 is 4.74 Å². The fourth-order valence-corrected chi connectivity index (χ4v) is 4.06. The molecule has 0 unspecified atom stereocenters. The molecule has 6 nitrogen and oxygen atoms in total. The topological polar surface area (TPSA) is 77.2 Å². The zero-order valence-corrected chi connectivity index (χ0v) is 21.8. The molecule has 39 heavy (non-hydrogen) atoms. The summed E-state index contributed by atoms with van der Waals surface area (Å²) in [5.74, 6) is 0.602. The van der Waals surface area contributed by atoms with Gasteiger partial charge in [0.15, 0.2) is 11.4 Å². The molecule has 0 aliphatic carbocycles. The first-order valence-corrected chi connectivity index (χ1v) is 12.7. The smallest absolute Gasteiger partial charge is 0.416 e. The summed E-state index contributed by atoms with van der Waals surface area (Å²) in [4.78, 5) is 16.0. The zero-order valence-electron chi connectivity index (χ0n) is 21.8. The van der Waals surface area contributed by atoms with Crippen molar-refractivity contribution >= 4 is 5.97 Å². The highest BCUT2D eigenvalue weighted by Gasteiger charge is 2.30. The quantitative estimate of drug-likeness (QED) is 0.233. The Bertz CT molecular complexity index is 1380. The predicted molar refractivity (Wildman–Crippen MR) is 141 cm³/mol. The molecule has 9 heteroatoms. The number of carboxylic acids is 1. The number of carboxylic acid groups (broad SMARTS) is 1. The van der Waals surface area contributed by atoms with Crippen molar-refractivity contribution in [3.05, 3.63) is 101 Å². The molecule has 3 aromatic carbocycles. The van der Waals surface area contributed by atoms with Crippen molar-refractivity contribution in [1.29, 1.82) is 0 Å². The Morgan fingerprint density at radius 2 is 1.51 bits per heavy atom. The predicted octanol–water partition coefficient (Wildman–Crippen LogP) is 6.62. The number of aryl methyl sites for hydroxylation is 4. The average molecular weight is 538 g/mol. The van der Waals surface area contributed by atoms with Crippen molar-refractivity contribution < 1.29 is 27.8 Å². The lowest BCUT2D eigenvalue weighted by Gasteiger charge is -2.21. The zero-order chi connectivity index (χ0) is 28.0. The van der Waals surface area contributed by atoms with Crippen LogP contribution in [-0.4, -0.2) is 31.4 Å². The van der Waals surface area contributed by atoms with Gasteiger partial charge in [-0.3, -0.25) is 0 Å². The molecule has 0 aliphatic rings. The third-order valence-electron chi connectivity index (χ3n) is 6.35. The molecule has 0 atom stereocenters. The number of aliphatic carboxylic acids is 1. The molecule has 0 bridgehead atoms. The van der Waals surface area contributed by atoms with E-state index in [-0.39, 0.29) is 0 Å². The Morgan fingerprint density at radius 3 is 2.13 bits per heavy atom. The van der Waals surface area contributed by atoms with Crippen LogP contribution in [0.3, 0.4) is 0 Å². The Morgan fingerprint density at radius 1 is 0.872 bits per heavy atom. The van der Waals surface area contributed by atoms with Crippen LogP contribution in [0.25, 0.3) is 11.4 Å². The molecule has 4 aromatic rings. The van der Waals surface area contributed by atoms with E-state index < -0.39 is 23.3 Å². The van der Waals surface area contributed by atoms with E-state index in [4.69, 9.17) is 4.74 Å². The average Bonchev–Trinajstić information content (AvgIpc) is 3.31. The molecular weight excluding hydrogens is 507 g/mol. The summed E-state index contributed by atoms with van der Waals surface area (Å²) in [5.41, 5.74) is 0.716. The number of carbonyl (C=O) groups is 1. The second-order valence-electron chi connectivity index (χ2n) is 9.80. The van der Waals surface area contributed by atoms with E-state index in [2.05, 4.69) is 10.1 Å². The SMILES string of the molecule is CC(C)(Oc1ccc(CCCc2nc(-c3ccc(C(F)(F)F)cc3)nn2CCc2ccccc2)cc1)C(=O)O. The normalized spacial score (nSPS) is 11.9. The van der Waals surface area contributed by atoms with Gasteiger partial charge in [-0.1, -0.05) is 54.6 Å². The van der Waals surface area contributed by atoms with E-state index in [1.54, 1.807) is 12.1 Å². The molecular formula is C30H30F3N3O3. The molecule has 4 rings (SSSR count). The Kier molecular flexibility index (Phi) is 8.38. The maximum absolute atomic E-state index is 13.0. The fourth-order valence-electron chi connectivity index (χ4n) is 4.06. The Hall–Kier alpha value is -4.14. The maximum atomic E-state index is 13.0. The maximum Gasteiger partial charge on any atom is 0.416 e. The van der Waals surface area contributed by atoms with Gasteiger partial charge in [0.2, 0.25) is 0 Å². The van der Waals surface area contributed by atoms with Crippen LogP contribution in [0, 0.1) is 0 Å². The highest BCUT2D eigenvalue weighted by Crippen LogP contribution is 2.30. The minimum absolute atomic E-state index is 0.398. The summed E-state index contributed by atoms with van der Waals surface area (Å²) in [7, 11) is 0. The van der Waals surface area contributed by atoms with Gasteiger partial charge in [-0.15, -0.1) is 0 Å². The highest BCUT2D eigenvalue weighted by molar-refractivity contribution is 5.76. The molecule has 0 amide bonds. The van der Waals surface area contributed by atoms with Crippen LogP contribution >= 0.6 is 0 Å². The second-order valence-corrected chi connectivity index (χ2v) is 9.80. The Balaban J connectivity index is 1.45. The first-order chi connectivity index (χ1) is 18.5. The van der Waals surface area contributed by atoms with Gasteiger partial charge >= 0.3 is 12.1 Å². The minimum Gasteiger partial charge on any atom is -0.478 e. The highest BCUT2D eigenvalue weighted by atomic mass is 19.4. The van der Waals surface area contributed by atoms with E-state index >= 15 is 0 Å². The fraction of sp³-hybridized carbons (Fsp3) is 0.300. The summed E-state index contributed by atoms with van der Waals surface area (Å²) in [6.07, 6.45) is -1.49. The van der Waals surface area contributed by atoms with Gasteiger partial charge in [-0.05, 0) is 68.5 Å². The number of benzene rings is 3. The van der Waals surface area contributed by atoms with Gasteiger partial charge in [0.05, 0.1) is 5.56 Å². The second kappa shape index (κ2) is 11.7. The lowest BCUT2D eigenvalue weighted by atomic mass is 10.1. The summed E-state index contributed by atoms with van der Waals surface area (Å²) < 4.78 is 46.4. The van der Waals surface area contributed by atoms with E-state index in [0.717, 1.165) is 48.3 Å². The number of halogens is 3. The minimum atomic E-state index is -4.40. The van der Waals surface area contributed by atoms with Gasteiger partial charge < -0.3 is 9.84 Å². The van der Waals surface area contributed by atoms with Crippen molar-refractivity contribution in [2.75, 3.05) is 0 Å². The number of ether oxygens (including phenoxy) is 1. The standard InChI is InChI=1S/C30H30F3N3O3/c1-29(2,28(37)38)39-25-17-11-22(12-18-25)9-6-10-26-34-27(23-13-15-24(16-14-23)30(31,32)33)35-36(26)20-19-21-7-4-3-5-8-21/h3-5,7-8,11-18H,6,9-10,19-20H2,1-2H3,(H,37,38). The first-order valence-electron chi connectivity index (χ1n) is 12.7. The Labute approximate surface area is 225 Å². The first kappa shape index (κ1) is 27.9. The summed E-state index contributed by atoms with van der Waals surface area (Å²) in [6.45, 7) is 3.59. The molecule has 1 N–H and O–H groups in total. The van der Waals surface area contributed by atoms with Crippen LogP contribution in [0.5, 0.6) is 5.75 Å². The molecule has 204 valence electrons. The lowest BCUT2D eigenvalue weighted by Crippen LogP contribution is -2.37. The third-order valence-corrected chi connectivity index (χ3v) is 6.35. The number of rotatable bonds is 11. The van der Waals surface area contributed by atoms with Crippen molar-refractivity contribution in [3.8, 4) is 17.1 Å². The molecule has 0 saturated heterocycles. The molecule has 0 aliphatic heterocycles. The van der Waals surface area contributed by atoms with Crippen molar-refractivity contribution in [1.82, 2.24) is 14.8 Å². The molecule has 0 fully saturated rings. The molecule has 1 aromatic heterocycles. The van der Waals surface area contributed by atoms with E-state index in [0.29, 0.717) is 30.1 Å². The molecule has 0 saturated carbocycles. The summed E-state index contributed by atoms with van der Waals surface area (Å²) >= 11 is 0. The lowest BCUT2D eigenvalue weighted by molar-refractivity contribution is -0.152. The number of aromatic nitrogens is 3. The van der Waals surface area contributed by atoms with Crippen LogP contribution in [-0.2, 0) is 36.8 Å². The van der Waals surface area contributed by atoms with Crippen molar-refractivity contribution in [2.24, 2.45) is 0 Å². The summed E-state index contributed by atoms with van der Waals surface area (Å²) in [5, 5.41) is 13.9. The van der Waals surface area contributed by atoms with Gasteiger partial charge in [-0.2, -0.15) is 18.3 Å². The van der Waals surface area contributed by atoms with Gasteiger partial charge in [0, 0.05) is 18.5 Å². The third kappa shape index (κ3) is 7.46. The van der Waals surface area contributed by atoms with Gasteiger partial charge in [0.1, 0.15) is 11.6 Å². The van der Waals surface area contributed by atoms with E-state index in [1.807, 2.05) is 47.1 Å². The van der Waals surface area contributed by atoms with Crippen LogP contribution in [0.15, 0.2) is 78.9 Å². The van der Waals surface area contributed by atoms with E-state index in [9.17, 15) is 23.1 Å². The molecule has 0 spiro atoms. The molecule has 0 radical (unpaired) electrons. The number of nitrogens with zero attached hydrogens (tertiary/aromatic N) is 3. The molecule has 1 heterocycles. The number of hydrogen-bond donors (Lipinski definition) is 1. The van der Waals surface area contributed by atoms with Crippen LogP contribution in [0.4, 0.5) is 13.2 Å². The van der Waals surface area contributed by atoms with Gasteiger partial charge in [-0.25, -0.2) is 14.5 Å². The van der Waals surface area contributed by atoms with Crippen molar-refractivity contribution in [2.45, 2.75) is 57.9 Å². The van der Waals surface area contributed by atoms with Crippen molar-refractivity contribution in [3.63, 3.8) is 0 Å². The largest absolute Gasteiger partial charge is 0.478 e. The number of hydrogen-bond acceptors (Lipinski definition) is 4. The van der Waals surface area contributed by atoms with Gasteiger partial charge in [0.25, 0.3) is 0 Å².